The van der Waals surface area contributed by atoms with Crippen molar-refractivity contribution in [2.24, 2.45) is 0 Å². The van der Waals surface area contributed by atoms with Crippen LogP contribution in [0.2, 0.25) is 10.0 Å². The van der Waals surface area contributed by atoms with Crippen molar-refractivity contribution in [1.82, 2.24) is 10.2 Å². The molecule has 0 aliphatic carbocycles. The van der Waals surface area contributed by atoms with Gasteiger partial charge in [-0.25, -0.2) is 0 Å². The van der Waals surface area contributed by atoms with Gasteiger partial charge in [-0.2, -0.15) is 0 Å². The molecule has 0 saturated heterocycles. The zero-order valence-electron chi connectivity index (χ0n) is 18.8. The summed E-state index contributed by atoms with van der Waals surface area (Å²) < 4.78 is 6.71. The van der Waals surface area contributed by atoms with Crippen molar-refractivity contribution >= 4 is 50.9 Å². The van der Waals surface area contributed by atoms with Crippen LogP contribution in [-0.4, -0.2) is 35.4 Å². The van der Waals surface area contributed by atoms with E-state index in [0.717, 1.165) is 22.0 Å². The molecule has 0 fully saturated rings. The minimum absolute atomic E-state index is 0.0143. The number of hydrogen-bond acceptors (Lipinski definition) is 3. The molecule has 0 unspecified atom stereocenters. The highest BCUT2D eigenvalue weighted by Crippen LogP contribution is 2.25. The van der Waals surface area contributed by atoms with E-state index in [1.54, 1.807) is 29.2 Å². The van der Waals surface area contributed by atoms with Gasteiger partial charge in [-0.3, -0.25) is 9.59 Å². The molecule has 0 spiro atoms. The van der Waals surface area contributed by atoms with E-state index in [2.05, 4.69) is 21.2 Å². The van der Waals surface area contributed by atoms with Crippen LogP contribution in [0.15, 0.2) is 40.9 Å². The number of benzene rings is 2. The predicted octanol–water partition coefficient (Wildman–Crippen LogP) is 6.17. The first kappa shape index (κ1) is 26.5. The number of nitrogens with zero attached hydrogens (tertiary/aromatic N) is 1. The molecule has 174 valence electrons. The molecular formula is C24H29BrCl2N2O3. The highest BCUT2D eigenvalue weighted by molar-refractivity contribution is 9.10. The van der Waals surface area contributed by atoms with Gasteiger partial charge in [0.15, 0.2) is 6.61 Å². The SMILES string of the molecule is CC[C@@H](C)NC(=O)[C@@H](CC)N(Cc1ccc(Cl)c(Cl)c1)C(=O)COc1ccc(Br)c(C)c1. The average Bonchev–Trinajstić information content (AvgIpc) is 2.76. The number of aryl methyl sites for hydroxylation is 1. The molecule has 2 aromatic carbocycles. The van der Waals surface area contributed by atoms with E-state index < -0.39 is 6.04 Å². The molecule has 0 aliphatic rings. The molecule has 2 aromatic rings. The summed E-state index contributed by atoms with van der Waals surface area (Å²) in [6.45, 7) is 7.80. The van der Waals surface area contributed by atoms with E-state index in [9.17, 15) is 9.59 Å². The molecule has 2 rings (SSSR count). The Hall–Kier alpha value is -1.76. The van der Waals surface area contributed by atoms with Crippen LogP contribution in [0.3, 0.4) is 0 Å². The lowest BCUT2D eigenvalue weighted by molar-refractivity contribution is -0.143. The number of carbonyl (C=O) groups is 2. The van der Waals surface area contributed by atoms with E-state index in [1.807, 2.05) is 39.8 Å². The van der Waals surface area contributed by atoms with Gasteiger partial charge in [-0.1, -0.05) is 59.0 Å². The van der Waals surface area contributed by atoms with E-state index in [4.69, 9.17) is 27.9 Å². The minimum atomic E-state index is -0.638. The molecule has 5 nitrogen and oxygen atoms in total. The molecule has 2 amide bonds. The molecule has 32 heavy (non-hydrogen) atoms. The number of halogens is 3. The number of ether oxygens (including phenoxy) is 1. The topological polar surface area (TPSA) is 58.6 Å². The monoisotopic (exact) mass is 542 g/mol. The van der Waals surface area contributed by atoms with Crippen LogP contribution in [0, 0.1) is 6.92 Å². The number of hydrogen-bond donors (Lipinski definition) is 1. The maximum Gasteiger partial charge on any atom is 0.261 e. The summed E-state index contributed by atoms with van der Waals surface area (Å²) in [4.78, 5) is 27.7. The Morgan fingerprint density at radius 2 is 1.81 bits per heavy atom. The van der Waals surface area contributed by atoms with Crippen molar-refractivity contribution in [1.29, 1.82) is 0 Å². The van der Waals surface area contributed by atoms with Gasteiger partial charge in [0, 0.05) is 17.1 Å². The van der Waals surface area contributed by atoms with Gasteiger partial charge in [-0.15, -0.1) is 0 Å². The quantitative estimate of drug-likeness (QED) is 0.390. The maximum atomic E-state index is 13.2. The second kappa shape index (κ2) is 12.5. The zero-order chi connectivity index (χ0) is 23.8. The molecule has 0 saturated carbocycles. The fraction of sp³-hybridized carbons (Fsp3) is 0.417. The van der Waals surface area contributed by atoms with Gasteiger partial charge >= 0.3 is 0 Å². The van der Waals surface area contributed by atoms with E-state index in [1.165, 1.54) is 0 Å². The Morgan fingerprint density at radius 1 is 1.09 bits per heavy atom. The molecule has 0 aliphatic heterocycles. The van der Waals surface area contributed by atoms with Gasteiger partial charge in [0.2, 0.25) is 5.91 Å². The first-order valence-corrected chi connectivity index (χ1v) is 12.1. The highest BCUT2D eigenvalue weighted by atomic mass is 79.9. The van der Waals surface area contributed by atoms with Crippen LogP contribution < -0.4 is 10.1 Å². The molecule has 0 bridgehead atoms. The van der Waals surface area contributed by atoms with Crippen molar-refractivity contribution < 1.29 is 14.3 Å². The molecule has 1 N–H and O–H groups in total. The molecule has 0 radical (unpaired) electrons. The molecular weight excluding hydrogens is 515 g/mol. The number of carbonyl (C=O) groups excluding carboxylic acids is 2. The van der Waals surface area contributed by atoms with Gasteiger partial charge < -0.3 is 15.0 Å². The first-order chi connectivity index (χ1) is 15.2. The van der Waals surface area contributed by atoms with Crippen molar-refractivity contribution in [3.8, 4) is 5.75 Å². The maximum absolute atomic E-state index is 13.2. The van der Waals surface area contributed by atoms with E-state index >= 15 is 0 Å². The molecule has 2 atom stereocenters. The number of rotatable bonds is 10. The normalized spacial score (nSPS) is 12.7. The smallest absolute Gasteiger partial charge is 0.261 e. The predicted molar refractivity (Wildman–Crippen MR) is 133 cm³/mol. The Morgan fingerprint density at radius 3 is 2.41 bits per heavy atom. The summed E-state index contributed by atoms with van der Waals surface area (Å²) in [5.74, 6) is 0.114. The lowest BCUT2D eigenvalue weighted by atomic mass is 10.1. The Kier molecular flexibility index (Phi) is 10.3. The van der Waals surface area contributed by atoms with E-state index in [0.29, 0.717) is 22.2 Å². The molecule has 0 heterocycles. The summed E-state index contributed by atoms with van der Waals surface area (Å²) in [5.41, 5.74) is 1.78. The lowest BCUT2D eigenvalue weighted by Gasteiger charge is -2.31. The summed E-state index contributed by atoms with van der Waals surface area (Å²) in [6, 6.07) is 10.1. The minimum Gasteiger partial charge on any atom is -0.484 e. The molecule has 0 aromatic heterocycles. The Balaban J connectivity index is 2.25. The first-order valence-electron chi connectivity index (χ1n) is 10.6. The third kappa shape index (κ3) is 7.39. The third-order valence-corrected chi connectivity index (χ3v) is 6.84. The number of nitrogens with one attached hydrogen (secondary N) is 1. The Labute approximate surface area is 208 Å². The third-order valence-electron chi connectivity index (χ3n) is 5.22. The van der Waals surface area contributed by atoms with E-state index in [-0.39, 0.29) is 31.0 Å². The van der Waals surface area contributed by atoms with Gasteiger partial charge in [0.05, 0.1) is 10.0 Å². The largest absolute Gasteiger partial charge is 0.484 e. The van der Waals surface area contributed by atoms with Crippen LogP contribution >= 0.6 is 39.1 Å². The van der Waals surface area contributed by atoms with Crippen LogP contribution in [0.5, 0.6) is 5.75 Å². The van der Waals surface area contributed by atoms with Crippen molar-refractivity contribution in [3.05, 3.63) is 62.0 Å². The summed E-state index contributed by atoms with van der Waals surface area (Å²) in [7, 11) is 0. The summed E-state index contributed by atoms with van der Waals surface area (Å²) >= 11 is 15.7. The van der Waals surface area contributed by atoms with Crippen molar-refractivity contribution in [2.45, 2.75) is 59.2 Å². The Bertz CT molecular complexity index is 955. The summed E-state index contributed by atoms with van der Waals surface area (Å²) in [6.07, 6.45) is 1.27. The van der Waals surface area contributed by atoms with Gasteiger partial charge in [0.25, 0.3) is 5.91 Å². The summed E-state index contributed by atoms with van der Waals surface area (Å²) in [5, 5.41) is 3.82. The van der Waals surface area contributed by atoms with Gasteiger partial charge in [-0.05, 0) is 68.1 Å². The van der Waals surface area contributed by atoms with Crippen LogP contribution in [0.1, 0.15) is 44.7 Å². The molecule has 8 heteroatoms. The van der Waals surface area contributed by atoms with Crippen molar-refractivity contribution in [3.63, 3.8) is 0 Å². The van der Waals surface area contributed by atoms with Crippen LogP contribution in [0.25, 0.3) is 0 Å². The second-order valence-electron chi connectivity index (χ2n) is 7.71. The average molecular weight is 544 g/mol. The standard InChI is InChI=1S/C24H29BrCl2N2O3/c1-5-16(4)28-24(31)22(6-2)29(13-17-7-10-20(26)21(27)12-17)23(30)14-32-18-8-9-19(25)15(3)11-18/h7-12,16,22H,5-6,13-14H2,1-4H3,(H,28,31)/t16-,22-/m1/s1. The zero-order valence-corrected chi connectivity index (χ0v) is 21.9. The lowest BCUT2D eigenvalue weighted by Crippen LogP contribution is -2.51. The highest BCUT2D eigenvalue weighted by Gasteiger charge is 2.29. The second-order valence-corrected chi connectivity index (χ2v) is 9.38. The van der Waals surface area contributed by atoms with Crippen LogP contribution in [0.4, 0.5) is 0 Å². The van der Waals surface area contributed by atoms with Crippen molar-refractivity contribution in [2.75, 3.05) is 6.61 Å². The fourth-order valence-electron chi connectivity index (χ4n) is 3.13. The number of amides is 2. The van der Waals surface area contributed by atoms with Crippen LogP contribution in [-0.2, 0) is 16.1 Å². The van der Waals surface area contributed by atoms with Gasteiger partial charge in [0.1, 0.15) is 11.8 Å². The fourth-order valence-corrected chi connectivity index (χ4v) is 3.70.